The molecular formula is C19H29N3O3. The molecule has 0 unspecified atom stereocenters. The van der Waals surface area contributed by atoms with E-state index in [9.17, 15) is 9.59 Å². The number of amides is 2. The lowest BCUT2D eigenvalue weighted by Crippen LogP contribution is -2.45. The number of furan rings is 1. The average Bonchev–Trinajstić information content (AvgIpc) is 2.99. The lowest BCUT2D eigenvalue weighted by molar-refractivity contribution is -0.135. The van der Waals surface area contributed by atoms with E-state index in [1.165, 1.54) is 0 Å². The van der Waals surface area contributed by atoms with Gasteiger partial charge in [0.15, 0.2) is 0 Å². The Labute approximate surface area is 149 Å². The monoisotopic (exact) mass is 347 g/mol. The first-order chi connectivity index (χ1) is 11.8. The van der Waals surface area contributed by atoms with Crippen molar-refractivity contribution in [3.8, 4) is 0 Å². The number of hydrogen-bond acceptors (Lipinski definition) is 4. The number of likely N-dealkylation sites (tertiary alicyclic amines) is 1. The van der Waals surface area contributed by atoms with E-state index in [1.54, 1.807) is 4.90 Å². The highest BCUT2D eigenvalue weighted by molar-refractivity contribution is 5.80. The van der Waals surface area contributed by atoms with Gasteiger partial charge in [-0.1, -0.05) is 13.8 Å². The smallest absolute Gasteiger partial charge is 0.225 e. The Balaban J connectivity index is 1.81. The highest BCUT2D eigenvalue weighted by Gasteiger charge is 2.46. The molecule has 0 radical (unpaired) electrons. The van der Waals surface area contributed by atoms with E-state index in [-0.39, 0.29) is 23.1 Å². The fourth-order valence-corrected chi connectivity index (χ4v) is 4.14. The van der Waals surface area contributed by atoms with Crippen molar-refractivity contribution in [2.24, 2.45) is 11.3 Å². The van der Waals surface area contributed by atoms with Crippen molar-refractivity contribution >= 4 is 11.8 Å². The number of aryl methyl sites for hydroxylation is 1. The van der Waals surface area contributed by atoms with E-state index < -0.39 is 0 Å². The molecule has 0 aromatic carbocycles. The molecule has 2 aliphatic heterocycles. The van der Waals surface area contributed by atoms with Crippen molar-refractivity contribution in [3.05, 3.63) is 23.7 Å². The number of carbonyl (C=O) groups excluding carboxylic acids is 2. The molecule has 1 atom stereocenters. The average molecular weight is 347 g/mol. The van der Waals surface area contributed by atoms with E-state index in [2.05, 4.69) is 4.90 Å². The van der Waals surface area contributed by atoms with Gasteiger partial charge in [-0.25, -0.2) is 0 Å². The Bertz CT molecular complexity index is 654. The second-order valence-electron chi connectivity index (χ2n) is 8.06. The van der Waals surface area contributed by atoms with Crippen molar-refractivity contribution in [1.82, 2.24) is 14.7 Å². The molecular weight excluding hydrogens is 318 g/mol. The third-order valence-electron chi connectivity index (χ3n) is 5.28. The Morgan fingerprint density at radius 3 is 2.56 bits per heavy atom. The van der Waals surface area contributed by atoms with E-state index >= 15 is 0 Å². The quantitative estimate of drug-likeness (QED) is 0.836. The van der Waals surface area contributed by atoms with Gasteiger partial charge in [0.05, 0.1) is 6.54 Å². The highest BCUT2D eigenvalue weighted by atomic mass is 16.3. The summed E-state index contributed by atoms with van der Waals surface area (Å²) in [6, 6.07) is 3.99. The lowest BCUT2D eigenvalue weighted by Gasteiger charge is -2.33. The molecule has 2 amide bonds. The summed E-state index contributed by atoms with van der Waals surface area (Å²) < 4.78 is 5.73. The molecule has 1 aromatic rings. The summed E-state index contributed by atoms with van der Waals surface area (Å²) in [5.74, 6) is 2.18. The van der Waals surface area contributed by atoms with Crippen LogP contribution >= 0.6 is 0 Å². The molecule has 0 bridgehead atoms. The van der Waals surface area contributed by atoms with Crippen molar-refractivity contribution in [2.75, 3.05) is 39.8 Å². The molecule has 25 heavy (non-hydrogen) atoms. The van der Waals surface area contributed by atoms with E-state index in [1.807, 2.05) is 44.9 Å². The summed E-state index contributed by atoms with van der Waals surface area (Å²) in [5, 5.41) is 0. The minimum absolute atomic E-state index is 0.0221. The van der Waals surface area contributed by atoms with Crippen molar-refractivity contribution < 1.29 is 14.0 Å². The number of nitrogens with zero attached hydrogens (tertiary/aromatic N) is 3. The van der Waals surface area contributed by atoms with Crippen LogP contribution in [0.2, 0.25) is 0 Å². The maximum Gasteiger partial charge on any atom is 0.225 e. The zero-order valence-electron chi connectivity index (χ0n) is 15.7. The van der Waals surface area contributed by atoms with Crippen LogP contribution < -0.4 is 0 Å². The molecule has 1 aromatic heterocycles. The van der Waals surface area contributed by atoms with Crippen LogP contribution in [-0.2, 0) is 16.1 Å². The van der Waals surface area contributed by atoms with E-state index in [4.69, 9.17) is 4.42 Å². The van der Waals surface area contributed by atoms with Crippen LogP contribution in [-0.4, -0.2) is 66.3 Å². The molecule has 0 aliphatic carbocycles. The van der Waals surface area contributed by atoms with Gasteiger partial charge in [-0.15, -0.1) is 0 Å². The largest absolute Gasteiger partial charge is 0.465 e. The van der Waals surface area contributed by atoms with Gasteiger partial charge in [-0.3, -0.25) is 14.5 Å². The SMILES string of the molecule is Cc1ccc(CN2CCN(C(=O)C(C)C)C[C@@]3(CC(=O)N(C)C3)C2)o1. The van der Waals surface area contributed by atoms with Crippen LogP contribution in [0, 0.1) is 18.3 Å². The molecule has 2 aliphatic rings. The molecule has 0 N–H and O–H groups in total. The van der Waals surface area contributed by atoms with Crippen LogP contribution in [0.1, 0.15) is 31.8 Å². The van der Waals surface area contributed by atoms with Crippen LogP contribution in [0.15, 0.2) is 16.5 Å². The van der Waals surface area contributed by atoms with Gasteiger partial charge in [0.25, 0.3) is 0 Å². The van der Waals surface area contributed by atoms with Gasteiger partial charge < -0.3 is 14.2 Å². The molecule has 2 saturated heterocycles. The van der Waals surface area contributed by atoms with Gasteiger partial charge >= 0.3 is 0 Å². The third kappa shape index (κ3) is 3.89. The summed E-state index contributed by atoms with van der Waals surface area (Å²) >= 11 is 0. The van der Waals surface area contributed by atoms with Gasteiger partial charge in [0.2, 0.25) is 11.8 Å². The highest BCUT2D eigenvalue weighted by Crippen LogP contribution is 2.35. The zero-order chi connectivity index (χ0) is 18.2. The van der Waals surface area contributed by atoms with Gasteiger partial charge in [0, 0.05) is 57.5 Å². The molecule has 0 saturated carbocycles. The summed E-state index contributed by atoms with van der Waals surface area (Å²) in [4.78, 5) is 30.9. The van der Waals surface area contributed by atoms with Crippen molar-refractivity contribution in [2.45, 2.75) is 33.7 Å². The third-order valence-corrected chi connectivity index (χ3v) is 5.28. The molecule has 6 heteroatoms. The molecule has 6 nitrogen and oxygen atoms in total. The standard InChI is InChI=1S/C19H29N3O3/c1-14(2)18(24)22-8-7-21(10-16-6-5-15(3)25-16)12-19(13-22)9-17(23)20(4)11-19/h5-6,14H,7-13H2,1-4H3/t19-/m1/s1. The number of carbonyl (C=O) groups is 2. The van der Waals surface area contributed by atoms with Crippen molar-refractivity contribution in [1.29, 1.82) is 0 Å². The first-order valence-corrected chi connectivity index (χ1v) is 9.08. The summed E-state index contributed by atoms with van der Waals surface area (Å²) in [6.45, 7) is 10.2. The number of rotatable bonds is 3. The maximum absolute atomic E-state index is 12.6. The Morgan fingerprint density at radius 2 is 2.00 bits per heavy atom. The first kappa shape index (κ1) is 18.0. The Morgan fingerprint density at radius 1 is 1.24 bits per heavy atom. The topological polar surface area (TPSA) is 57.0 Å². The van der Waals surface area contributed by atoms with Crippen LogP contribution in [0.3, 0.4) is 0 Å². The normalized spacial score (nSPS) is 25.2. The van der Waals surface area contributed by atoms with Gasteiger partial charge in [0.1, 0.15) is 11.5 Å². The maximum atomic E-state index is 12.6. The van der Waals surface area contributed by atoms with Crippen LogP contribution in [0.5, 0.6) is 0 Å². The molecule has 1 spiro atoms. The summed E-state index contributed by atoms with van der Waals surface area (Å²) in [6.07, 6.45) is 0.513. The fraction of sp³-hybridized carbons (Fsp3) is 0.684. The molecule has 3 heterocycles. The number of hydrogen-bond donors (Lipinski definition) is 0. The minimum Gasteiger partial charge on any atom is -0.465 e. The Kier molecular flexibility index (Phi) is 4.91. The van der Waals surface area contributed by atoms with Crippen LogP contribution in [0.25, 0.3) is 0 Å². The second-order valence-corrected chi connectivity index (χ2v) is 8.06. The molecule has 2 fully saturated rings. The molecule has 3 rings (SSSR count). The predicted octanol–water partition coefficient (Wildman–Crippen LogP) is 1.74. The lowest BCUT2D eigenvalue weighted by atomic mass is 9.85. The Hall–Kier alpha value is -1.82. The predicted molar refractivity (Wildman–Crippen MR) is 94.8 cm³/mol. The summed E-state index contributed by atoms with van der Waals surface area (Å²) in [7, 11) is 1.86. The van der Waals surface area contributed by atoms with E-state index in [0.29, 0.717) is 26.1 Å². The fourth-order valence-electron chi connectivity index (χ4n) is 4.14. The molecule has 138 valence electrons. The summed E-state index contributed by atoms with van der Waals surface area (Å²) in [5.41, 5.74) is -0.186. The second kappa shape index (κ2) is 6.83. The van der Waals surface area contributed by atoms with Gasteiger partial charge in [-0.05, 0) is 19.1 Å². The zero-order valence-corrected chi connectivity index (χ0v) is 15.7. The van der Waals surface area contributed by atoms with E-state index in [0.717, 1.165) is 31.2 Å². The van der Waals surface area contributed by atoms with Gasteiger partial charge in [-0.2, -0.15) is 0 Å². The minimum atomic E-state index is -0.186. The first-order valence-electron chi connectivity index (χ1n) is 9.08. The van der Waals surface area contributed by atoms with Crippen LogP contribution in [0.4, 0.5) is 0 Å². The van der Waals surface area contributed by atoms with Crippen molar-refractivity contribution in [3.63, 3.8) is 0 Å².